The van der Waals surface area contributed by atoms with Gasteiger partial charge in [0.05, 0.1) is 13.0 Å². The molecule has 0 aliphatic carbocycles. The average Bonchev–Trinajstić information content (AvgIpc) is 2.44. The van der Waals surface area contributed by atoms with Gasteiger partial charge in [0.1, 0.15) is 0 Å². The fourth-order valence-corrected chi connectivity index (χ4v) is 2.18. The van der Waals surface area contributed by atoms with Crippen molar-refractivity contribution in [3.05, 3.63) is 29.8 Å². The molecule has 1 aromatic carbocycles. The van der Waals surface area contributed by atoms with Crippen molar-refractivity contribution in [3.8, 4) is 0 Å². The van der Waals surface area contributed by atoms with Crippen LogP contribution >= 0.6 is 0 Å². The Bertz CT molecular complexity index is 386. The minimum atomic E-state index is -0.128. The van der Waals surface area contributed by atoms with E-state index in [1.165, 1.54) is 12.7 Å². The largest absolute Gasteiger partial charge is 0.469 e. The van der Waals surface area contributed by atoms with Crippen molar-refractivity contribution in [1.29, 1.82) is 0 Å². The van der Waals surface area contributed by atoms with Crippen molar-refractivity contribution in [2.45, 2.75) is 33.1 Å². The number of carbonyl (C=O) groups is 1. The van der Waals surface area contributed by atoms with Gasteiger partial charge in [-0.3, -0.25) is 4.79 Å². The van der Waals surface area contributed by atoms with Gasteiger partial charge in [-0.05, 0) is 30.5 Å². The Morgan fingerprint density at radius 3 is 2.37 bits per heavy atom. The number of rotatable bonds is 7. The summed E-state index contributed by atoms with van der Waals surface area (Å²) in [5.74, 6) is -0.192. The monoisotopic (exact) mass is 263 g/mol. The van der Waals surface area contributed by atoms with Crippen LogP contribution in [-0.4, -0.2) is 26.7 Å². The van der Waals surface area contributed by atoms with E-state index in [-0.39, 0.29) is 11.9 Å². The van der Waals surface area contributed by atoms with E-state index in [1.807, 2.05) is 14.0 Å². The Balaban J connectivity index is 2.66. The molecule has 0 spiro atoms. The molecule has 0 aromatic heterocycles. The van der Waals surface area contributed by atoms with Gasteiger partial charge in [0, 0.05) is 19.3 Å². The molecule has 0 amide bonds. The lowest BCUT2D eigenvalue weighted by Crippen LogP contribution is -2.30. The van der Waals surface area contributed by atoms with E-state index in [2.05, 4.69) is 36.1 Å². The third kappa shape index (κ3) is 4.58. The molecule has 0 N–H and O–H groups in total. The second-order valence-electron chi connectivity index (χ2n) is 4.93. The first kappa shape index (κ1) is 15.5. The highest BCUT2D eigenvalue weighted by Gasteiger charge is 2.19. The lowest BCUT2D eigenvalue weighted by atomic mass is 10.1. The Hall–Kier alpha value is -1.51. The molecule has 1 rings (SSSR count). The third-order valence-electron chi connectivity index (χ3n) is 3.44. The third-order valence-corrected chi connectivity index (χ3v) is 3.44. The van der Waals surface area contributed by atoms with Crippen LogP contribution in [0.25, 0.3) is 0 Å². The van der Waals surface area contributed by atoms with E-state index in [0.717, 1.165) is 24.9 Å². The SMILES string of the molecule is CCCc1ccc(N(C)CC(CC)C(=O)OC)cc1. The number of ether oxygens (including phenoxy) is 1. The number of carbonyl (C=O) groups excluding carboxylic acids is 1. The van der Waals surface area contributed by atoms with Crippen LogP contribution in [0.4, 0.5) is 5.69 Å². The molecule has 1 aromatic rings. The highest BCUT2D eigenvalue weighted by atomic mass is 16.5. The van der Waals surface area contributed by atoms with Crippen LogP contribution in [-0.2, 0) is 16.0 Å². The normalized spacial score (nSPS) is 12.0. The standard InChI is InChI=1S/C16H25NO2/c1-5-7-13-8-10-15(11-9-13)17(3)12-14(6-2)16(18)19-4/h8-11,14H,5-7,12H2,1-4H3. The molecule has 1 unspecified atom stereocenters. The molecule has 0 saturated carbocycles. The predicted molar refractivity (Wildman–Crippen MR) is 79.5 cm³/mol. The number of hydrogen-bond acceptors (Lipinski definition) is 3. The van der Waals surface area contributed by atoms with Crippen LogP contribution in [0.15, 0.2) is 24.3 Å². The Morgan fingerprint density at radius 2 is 1.89 bits per heavy atom. The fourth-order valence-electron chi connectivity index (χ4n) is 2.18. The van der Waals surface area contributed by atoms with Crippen LogP contribution in [0.2, 0.25) is 0 Å². The van der Waals surface area contributed by atoms with Gasteiger partial charge in [0.15, 0.2) is 0 Å². The van der Waals surface area contributed by atoms with Gasteiger partial charge in [-0.1, -0.05) is 32.4 Å². The molecular weight excluding hydrogens is 238 g/mol. The maximum Gasteiger partial charge on any atom is 0.310 e. The maximum atomic E-state index is 11.6. The van der Waals surface area contributed by atoms with E-state index in [9.17, 15) is 4.79 Å². The van der Waals surface area contributed by atoms with Crippen LogP contribution in [0.5, 0.6) is 0 Å². The number of anilines is 1. The van der Waals surface area contributed by atoms with Crippen molar-refractivity contribution in [3.63, 3.8) is 0 Å². The number of hydrogen-bond donors (Lipinski definition) is 0. The fraction of sp³-hybridized carbons (Fsp3) is 0.562. The molecule has 1 atom stereocenters. The van der Waals surface area contributed by atoms with Crippen molar-refractivity contribution in [2.24, 2.45) is 5.92 Å². The summed E-state index contributed by atoms with van der Waals surface area (Å²) < 4.78 is 4.83. The number of methoxy groups -OCH3 is 1. The van der Waals surface area contributed by atoms with Crippen molar-refractivity contribution in [2.75, 3.05) is 25.6 Å². The molecule has 19 heavy (non-hydrogen) atoms. The van der Waals surface area contributed by atoms with Crippen LogP contribution in [0.1, 0.15) is 32.3 Å². The quantitative estimate of drug-likeness (QED) is 0.707. The summed E-state index contributed by atoms with van der Waals surface area (Å²) in [4.78, 5) is 13.7. The lowest BCUT2D eigenvalue weighted by Gasteiger charge is -2.23. The van der Waals surface area contributed by atoms with Crippen LogP contribution < -0.4 is 4.90 Å². The van der Waals surface area contributed by atoms with Gasteiger partial charge >= 0.3 is 5.97 Å². The number of benzene rings is 1. The summed E-state index contributed by atoms with van der Waals surface area (Å²) >= 11 is 0. The molecule has 3 nitrogen and oxygen atoms in total. The maximum absolute atomic E-state index is 11.6. The van der Waals surface area contributed by atoms with E-state index in [1.54, 1.807) is 0 Å². The van der Waals surface area contributed by atoms with Gasteiger partial charge in [-0.15, -0.1) is 0 Å². The van der Waals surface area contributed by atoms with Crippen molar-refractivity contribution < 1.29 is 9.53 Å². The molecule has 0 saturated heterocycles. The van der Waals surface area contributed by atoms with E-state index < -0.39 is 0 Å². The summed E-state index contributed by atoms with van der Waals surface area (Å²) in [6.45, 7) is 4.89. The first-order valence-corrected chi connectivity index (χ1v) is 7.00. The molecule has 0 radical (unpaired) electrons. The smallest absolute Gasteiger partial charge is 0.310 e. The number of nitrogens with zero attached hydrogens (tertiary/aromatic N) is 1. The Labute approximate surface area is 116 Å². The molecular formula is C16H25NO2. The first-order chi connectivity index (χ1) is 9.12. The molecule has 0 bridgehead atoms. The zero-order valence-electron chi connectivity index (χ0n) is 12.5. The van der Waals surface area contributed by atoms with E-state index >= 15 is 0 Å². The van der Waals surface area contributed by atoms with Crippen molar-refractivity contribution >= 4 is 11.7 Å². The van der Waals surface area contributed by atoms with Gasteiger partial charge in [0.2, 0.25) is 0 Å². The second kappa shape index (κ2) is 7.82. The van der Waals surface area contributed by atoms with Crippen LogP contribution in [0.3, 0.4) is 0 Å². The summed E-state index contributed by atoms with van der Waals surface area (Å²) in [6.07, 6.45) is 3.07. The number of aryl methyl sites for hydroxylation is 1. The summed E-state index contributed by atoms with van der Waals surface area (Å²) in [7, 11) is 3.46. The van der Waals surface area contributed by atoms with Gasteiger partial charge in [-0.2, -0.15) is 0 Å². The highest BCUT2D eigenvalue weighted by molar-refractivity contribution is 5.73. The highest BCUT2D eigenvalue weighted by Crippen LogP contribution is 2.17. The van der Waals surface area contributed by atoms with Crippen molar-refractivity contribution in [1.82, 2.24) is 0 Å². The zero-order valence-corrected chi connectivity index (χ0v) is 12.5. The summed E-state index contributed by atoms with van der Waals surface area (Å²) in [5.41, 5.74) is 2.50. The van der Waals surface area contributed by atoms with Gasteiger partial charge in [0.25, 0.3) is 0 Å². The topological polar surface area (TPSA) is 29.5 Å². The molecule has 106 valence electrons. The minimum Gasteiger partial charge on any atom is -0.469 e. The lowest BCUT2D eigenvalue weighted by molar-refractivity contribution is -0.145. The molecule has 0 fully saturated rings. The Kier molecular flexibility index (Phi) is 6.40. The second-order valence-corrected chi connectivity index (χ2v) is 4.93. The summed E-state index contributed by atoms with van der Waals surface area (Å²) in [5, 5.41) is 0. The molecule has 0 heterocycles. The first-order valence-electron chi connectivity index (χ1n) is 7.00. The van der Waals surface area contributed by atoms with Gasteiger partial charge in [-0.25, -0.2) is 0 Å². The molecule has 0 aliphatic rings. The number of esters is 1. The average molecular weight is 263 g/mol. The van der Waals surface area contributed by atoms with Gasteiger partial charge < -0.3 is 9.64 Å². The molecule has 0 aliphatic heterocycles. The zero-order chi connectivity index (χ0) is 14.3. The van der Waals surface area contributed by atoms with Crippen LogP contribution in [0, 0.1) is 5.92 Å². The van der Waals surface area contributed by atoms with E-state index in [0.29, 0.717) is 6.54 Å². The van der Waals surface area contributed by atoms with E-state index in [4.69, 9.17) is 4.74 Å². The molecule has 3 heteroatoms. The summed E-state index contributed by atoms with van der Waals surface area (Å²) in [6, 6.07) is 8.56. The minimum absolute atomic E-state index is 0.0645. The Morgan fingerprint density at radius 1 is 1.26 bits per heavy atom. The predicted octanol–water partition coefficient (Wildman–Crippen LogP) is 3.27.